The first kappa shape index (κ1) is 16.9. The number of rotatable bonds is 8. The molecule has 2 atom stereocenters. The lowest BCUT2D eigenvalue weighted by atomic mass is 10.0. The maximum Gasteiger partial charge on any atom is 0.123 e. The molecular formula is C16H24BrFN2O. The summed E-state index contributed by atoms with van der Waals surface area (Å²) in [5, 5.41) is 0. The van der Waals surface area contributed by atoms with Gasteiger partial charge in [0.1, 0.15) is 5.82 Å². The van der Waals surface area contributed by atoms with Crippen molar-refractivity contribution in [3.05, 3.63) is 34.1 Å². The van der Waals surface area contributed by atoms with Crippen molar-refractivity contribution in [1.29, 1.82) is 0 Å². The zero-order chi connectivity index (χ0) is 15.4. The average Bonchev–Trinajstić information content (AvgIpc) is 3.30. The molecule has 0 saturated heterocycles. The highest BCUT2D eigenvalue weighted by Gasteiger charge is 2.35. The predicted octanol–water partition coefficient (Wildman–Crippen LogP) is 3.33. The number of benzene rings is 1. The molecule has 1 aliphatic carbocycles. The third kappa shape index (κ3) is 4.25. The molecule has 5 heteroatoms. The van der Waals surface area contributed by atoms with Crippen molar-refractivity contribution in [3.63, 3.8) is 0 Å². The molecule has 0 amide bonds. The standard InChI is InChI=1S/C16H24BrFN2O/c1-11(12-3-4-12)20(7-8-21-2)16(10-19)14-9-13(18)5-6-15(14)17/h5-6,9,11-12,16H,3-4,7-8,10,19H2,1-2H3. The number of nitrogens with zero attached hydrogens (tertiary/aromatic N) is 1. The van der Waals surface area contributed by atoms with Crippen LogP contribution in [-0.4, -0.2) is 37.7 Å². The Morgan fingerprint density at radius 1 is 1.48 bits per heavy atom. The monoisotopic (exact) mass is 358 g/mol. The fourth-order valence-electron chi connectivity index (χ4n) is 2.90. The number of ether oxygens (including phenoxy) is 1. The first-order chi connectivity index (χ1) is 10.1. The Morgan fingerprint density at radius 2 is 2.19 bits per heavy atom. The highest BCUT2D eigenvalue weighted by Crippen LogP contribution is 2.39. The van der Waals surface area contributed by atoms with Crippen molar-refractivity contribution in [2.24, 2.45) is 11.7 Å². The molecule has 0 aliphatic heterocycles. The van der Waals surface area contributed by atoms with Gasteiger partial charge in [-0.1, -0.05) is 15.9 Å². The topological polar surface area (TPSA) is 38.5 Å². The summed E-state index contributed by atoms with van der Waals surface area (Å²) in [6, 6.07) is 5.24. The minimum absolute atomic E-state index is 0.000764. The molecule has 21 heavy (non-hydrogen) atoms. The van der Waals surface area contributed by atoms with Gasteiger partial charge in [-0.25, -0.2) is 4.39 Å². The van der Waals surface area contributed by atoms with E-state index >= 15 is 0 Å². The molecule has 1 aliphatic rings. The van der Waals surface area contributed by atoms with Crippen LogP contribution in [0, 0.1) is 11.7 Å². The van der Waals surface area contributed by atoms with Gasteiger partial charge < -0.3 is 10.5 Å². The minimum atomic E-state index is -0.225. The van der Waals surface area contributed by atoms with Crippen molar-refractivity contribution in [1.82, 2.24) is 4.90 Å². The van der Waals surface area contributed by atoms with E-state index in [1.54, 1.807) is 19.2 Å². The Kier molecular flexibility index (Phi) is 6.17. The fraction of sp³-hybridized carbons (Fsp3) is 0.625. The van der Waals surface area contributed by atoms with E-state index in [-0.39, 0.29) is 11.9 Å². The highest BCUT2D eigenvalue weighted by atomic mass is 79.9. The second-order valence-electron chi connectivity index (χ2n) is 5.73. The summed E-state index contributed by atoms with van der Waals surface area (Å²) in [4.78, 5) is 2.36. The first-order valence-corrected chi connectivity index (χ1v) is 8.27. The third-order valence-corrected chi connectivity index (χ3v) is 5.04. The van der Waals surface area contributed by atoms with E-state index in [0.717, 1.165) is 22.5 Å². The summed E-state index contributed by atoms with van der Waals surface area (Å²) < 4.78 is 19.8. The van der Waals surface area contributed by atoms with Gasteiger partial charge in [0.15, 0.2) is 0 Å². The second kappa shape index (κ2) is 7.68. The molecule has 2 unspecified atom stereocenters. The number of hydrogen-bond acceptors (Lipinski definition) is 3. The van der Waals surface area contributed by atoms with Crippen molar-refractivity contribution >= 4 is 15.9 Å². The van der Waals surface area contributed by atoms with Gasteiger partial charge in [0, 0.05) is 36.8 Å². The molecular weight excluding hydrogens is 335 g/mol. The summed E-state index contributed by atoms with van der Waals surface area (Å²) >= 11 is 3.53. The van der Waals surface area contributed by atoms with Crippen LogP contribution in [-0.2, 0) is 4.74 Å². The summed E-state index contributed by atoms with van der Waals surface area (Å²) in [6.45, 7) is 4.16. The molecule has 1 aromatic carbocycles. The molecule has 1 saturated carbocycles. The van der Waals surface area contributed by atoms with Gasteiger partial charge in [-0.15, -0.1) is 0 Å². The lowest BCUT2D eigenvalue weighted by Gasteiger charge is -2.36. The number of hydrogen-bond donors (Lipinski definition) is 1. The van der Waals surface area contributed by atoms with Crippen molar-refractivity contribution in [2.45, 2.75) is 31.8 Å². The lowest BCUT2D eigenvalue weighted by molar-refractivity contribution is 0.0831. The molecule has 3 nitrogen and oxygen atoms in total. The Hall–Kier alpha value is -0.490. The van der Waals surface area contributed by atoms with Crippen LogP contribution in [0.2, 0.25) is 0 Å². The zero-order valence-corrected chi connectivity index (χ0v) is 14.3. The van der Waals surface area contributed by atoms with Crippen molar-refractivity contribution in [3.8, 4) is 0 Å². The maximum atomic E-state index is 13.6. The van der Waals surface area contributed by atoms with Crippen LogP contribution >= 0.6 is 15.9 Å². The maximum absolute atomic E-state index is 13.6. The van der Waals surface area contributed by atoms with Gasteiger partial charge in [-0.3, -0.25) is 4.90 Å². The van der Waals surface area contributed by atoms with Crippen LogP contribution in [0.3, 0.4) is 0 Å². The van der Waals surface area contributed by atoms with Gasteiger partial charge in [-0.05, 0) is 49.4 Å². The number of halogens is 2. The second-order valence-corrected chi connectivity index (χ2v) is 6.58. The summed E-state index contributed by atoms with van der Waals surface area (Å²) in [7, 11) is 1.70. The van der Waals surface area contributed by atoms with Crippen LogP contribution in [0.5, 0.6) is 0 Å². The van der Waals surface area contributed by atoms with Crippen LogP contribution in [0.1, 0.15) is 31.4 Å². The van der Waals surface area contributed by atoms with E-state index in [1.165, 1.54) is 18.9 Å². The van der Waals surface area contributed by atoms with E-state index in [1.807, 2.05) is 0 Å². The van der Waals surface area contributed by atoms with E-state index in [9.17, 15) is 4.39 Å². The smallest absolute Gasteiger partial charge is 0.123 e. The Morgan fingerprint density at radius 3 is 2.76 bits per heavy atom. The van der Waals surface area contributed by atoms with Crippen LogP contribution in [0.4, 0.5) is 4.39 Å². The van der Waals surface area contributed by atoms with E-state index in [0.29, 0.717) is 19.2 Å². The third-order valence-electron chi connectivity index (χ3n) is 4.32. The quantitative estimate of drug-likeness (QED) is 0.774. The zero-order valence-electron chi connectivity index (χ0n) is 12.7. The molecule has 1 fully saturated rings. The van der Waals surface area contributed by atoms with Crippen LogP contribution in [0.15, 0.2) is 22.7 Å². The fourth-order valence-corrected chi connectivity index (χ4v) is 3.41. The molecule has 2 rings (SSSR count). The number of nitrogens with two attached hydrogens (primary N) is 1. The molecule has 0 spiro atoms. The average molecular weight is 359 g/mol. The summed E-state index contributed by atoms with van der Waals surface area (Å²) in [5.41, 5.74) is 6.95. The Balaban J connectivity index is 2.26. The van der Waals surface area contributed by atoms with Crippen LogP contribution in [0.25, 0.3) is 0 Å². The molecule has 0 heterocycles. The van der Waals surface area contributed by atoms with Gasteiger partial charge in [0.05, 0.1) is 6.61 Å². The molecule has 0 aromatic heterocycles. The van der Waals surface area contributed by atoms with E-state index in [2.05, 4.69) is 27.8 Å². The summed E-state index contributed by atoms with van der Waals surface area (Å²) in [6.07, 6.45) is 2.54. The number of methoxy groups -OCH3 is 1. The van der Waals surface area contributed by atoms with Crippen molar-refractivity contribution in [2.75, 3.05) is 26.8 Å². The van der Waals surface area contributed by atoms with E-state index in [4.69, 9.17) is 10.5 Å². The normalized spacial score (nSPS) is 18.0. The van der Waals surface area contributed by atoms with Gasteiger partial charge >= 0.3 is 0 Å². The highest BCUT2D eigenvalue weighted by molar-refractivity contribution is 9.10. The van der Waals surface area contributed by atoms with Crippen LogP contribution < -0.4 is 5.73 Å². The van der Waals surface area contributed by atoms with Gasteiger partial charge in [-0.2, -0.15) is 0 Å². The SMILES string of the molecule is COCCN(C(CN)c1cc(F)ccc1Br)C(C)C1CC1. The molecule has 1 aromatic rings. The Labute approximate surface area is 134 Å². The van der Waals surface area contributed by atoms with Crippen molar-refractivity contribution < 1.29 is 9.13 Å². The summed E-state index contributed by atoms with van der Waals surface area (Å²) in [5.74, 6) is 0.501. The minimum Gasteiger partial charge on any atom is -0.383 e. The largest absolute Gasteiger partial charge is 0.383 e. The predicted molar refractivity (Wildman–Crippen MR) is 86.7 cm³/mol. The van der Waals surface area contributed by atoms with Gasteiger partial charge in [0.2, 0.25) is 0 Å². The van der Waals surface area contributed by atoms with Gasteiger partial charge in [0.25, 0.3) is 0 Å². The lowest BCUT2D eigenvalue weighted by Crippen LogP contribution is -2.43. The van der Waals surface area contributed by atoms with E-state index < -0.39 is 0 Å². The molecule has 0 bridgehead atoms. The Bertz CT molecular complexity index is 468. The molecule has 118 valence electrons. The first-order valence-electron chi connectivity index (χ1n) is 7.48. The molecule has 0 radical (unpaired) electrons. The molecule has 2 N–H and O–H groups in total.